The van der Waals surface area contributed by atoms with Gasteiger partial charge in [0.25, 0.3) is 0 Å². The van der Waals surface area contributed by atoms with Crippen molar-refractivity contribution in [2.45, 2.75) is 33.2 Å². The standard InChI is InChI=1S/C15H19NO3/c1-9(2)15(17)16-8-12-11-4-6-18-13(11)7-10-3-5-19-14(10)12/h7,9H,3-6,8H2,1-2H3,(H,16,17). The molecule has 1 amide bonds. The van der Waals surface area contributed by atoms with E-state index < -0.39 is 0 Å². The molecule has 3 rings (SSSR count). The molecule has 0 bridgehead atoms. The number of hydrogen-bond donors (Lipinski definition) is 1. The quantitative estimate of drug-likeness (QED) is 0.903. The molecule has 0 aliphatic carbocycles. The van der Waals surface area contributed by atoms with E-state index in [9.17, 15) is 4.79 Å². The lowest BCUT2D eigenvalue weighted by molar-refractivity contribution is -0.124. The number of hydrogen-bond acceptors (Lipinski definition) is 3. The first-order valence-electron chi connectivity index (χ1n) is 6.87. The zero-order chi connectivity index (χ0) is 13.4. The highest BCUT2D eigenvalue weighted by molar-refractivity contribution is 5.78. The van der Waals surface area contributed by atoms with Crippen molar-refractivity contribution in [3.05, 3.63) is 22.8 Å². The summed E-state index contributed by atoms with van der Waals surface area (Å²) in [6.07, 6.45) is 1.83. The average molecular weight is 261 g/mol. The summed E-state index contributed by atoms with van der Waals surface area (Å²) >= 11 is 0. The lowest BCUT2D eigenvalue weighted by Crippen LogP contribution is -2.27. The molecule has 1 aromatic rings. The van der Waals surface area contributed by atoms with Crippen LogP contribution in [0.25, 0.3) is 0 Å². The fraction of sp³-hybridized carbons (Fsp3) is 0.533. The van der Waals surface area contributed by atoms with Crippen LogP contribution in [0.1, 0.15) is 30.5 Å². The molecule has 0 atom stereocenters. The summed E-state index contributed by atoms with van der Waals surface area (Å²) in [5, 5.41) is 2.98. The molecule has 0 aromatic heterocycles. The van der Waals surface area contributed by atoms with Crippen molar-refractivity contribution in [1.29, 1.82) is 0 Å². The van der Waals surface area contributed by atoms with E-state index in [0.717, 1.165) is 43.1 Å². The van der Waals surface area contributed by atoms with Crippen LogP contribution in [0.4, 0.5) is 0 Å². The highest BCUT2D eigenvalue weighted by Gasteiger charge is 2.26. The number of amides is 1. The van der Waals surface area contributed by atoms with E-state index in [1.807, 2.05) is 13.8 Å². The van der Waals surface area contributed by atoms with Gasteiger partial charge in [-0.3, -0.25) is 4.79 Å². The van der Waals surface area contributed by atoms with Crippen molar-refractivity contribution in [3.8, 4) is 11.5 Å². The van der Waals surface area contributed by atoms with Crippen LogP contribution in [0.3, 0.4) is 0 Å². The van der Waals surface area contributed by atoms with Gasteiger partial charge in [-0.15, -0.1) is 0 Å². The molecule has 2 aliphatic heterocycles. The Bertz CT molecular complexity index is 490. The van der Waals surface area contributed by atoms with Crippen molar-refractivity contribution in [3.63, 3.8) is 0 Å². The molecule has 1 N–H and O–H groups in total. The van der Waals surface area contributed by atoms with Crippen LogP contribution in [0.15, 0.2) is 6.07 Å². The predicted octanol–water partition coefficient (Wildman–Crippen LogP) is 1.83. The van der Waals surface area contributed by atoms with Crippen LogP contribution in [0.5, 0.6) is 11.5 Å². The summed E-state index contributed by atoms with van der Waals surface area (Å²) in [4.78, 5) is 11.7. The number of benzene rings is 1. The fourth-order valence-electron chi connectivity index (χ4n) is 2.65. The number of carbonyl (C=O) groups excluding carboxylic acids is 1. The van der Waals surface area contributed by atoms with Gasteiger partial charge in [-0.1, -0.05) is 13.8 Å². The van der Waals surface area contributed by atoms with Crippen LogP contribution >= 0.6 is 0 Å². The summed E-state index contributed by atoms with van der Waals surface area (Å²) in [6, 6.07) is 2.10. The van der Waals surface area contributed by atoms with Gasteiger partial charge in [0.2, 0.25) is 5.91 Å². The number of nitrogens with one attached hydrogen (secondary N) is 1. The molecule has 4 heteroatoms. The Hall–Kier alpha value is -1.71. The van der Waals surface area contributed by atoms with Gasteiger partial charge in [0.15, 0.2) is 0 Å². The second-order valence-corrected chi connectivity index (χ2v) is 5.39. The van der Waals surface area contributed by atoms with E-state index in [4.69, 9.17) is 9.47 Å². The molecule has 0 radical (unpaired) electrons. The molecule has 102 valence electrons. The lowest BCUT2D eigenvalue weighted by Gasteiger charge is -2.14. The maximum absolute atomic E-state index is 11.7. The first kappa shape index (κ1) is 12.3. The zero-order valence-corrected chi connectivity index (χ0v) is 11.4. The Morgan fingerprint density at radius 1 is 1.32 bits per heavy atom. The lowest BCUT2D eigenvalue weighted by atomic mass is 9.99. The monoisotopic (exact) mass is 261 g/mol. The van der Waals surface area contributed by atoms with Gasteiger partial charge in [0.1, 0.15) is 11.5 Å². The first-order valence-corrected chi connectivity index (χ1v) is 6.87. The first-order chi connectivity index (χ1) is 9.16. The Kier molecular flexibility index (Phi) is 3.09. The van der Waals surface area contributed by atoms with Gasteiger partial charge in [-0.05, 0) is 6.07 Å². The molecule has 0 spiro atoms. The normalized spacial score (nSPS) is 15.7. The SMILES string of the molecule is CC(C)C(=O)NCc1c2c(cc3c1OCC3)OCC2. The van der Waals surface area contributed by atoms with Gasteiger partial charge in [-0.2, -0.15) is 0 Å². The summed E-state index contributed by atoms with van der Waals surface area (Å²) in [6.45, 7) is 5.78. The van der Waals surface area contributed by atoms with E-state index in [1.54, 1.807) is 0 Å². The number of ether oxygens (including phenoxy) is 2. The van der Waals surface area contributed by atoms with Crippen LogP contribution in [-0.4, -0.2) is 19.1 Å². The van der Waals surface area contributed by atoms with Gasteiger partial charge in [0, 0.05) is 42.0 Å². The summed E-state index contributed by atoms with van der Waals surface area (Å²) in [5.41, 5.74) is 3.51. The molecule has 4 nitrogen and oxygen atoms in total. The van der Waals surface area contributed by atoms with Crippen LogP contribution < -0.4 is 14.8 Å². The van der Waals surface area contributed by atoms with Crippen molar-refractivity contribution in [1.82, 2.24) is 5.32 Å². The highest BCUT2D eigenvalue weighted by atomic mass is 16.5. The number of fused-ring (bicyclic) bond motifs is 2. The van der Waals surface area contributed by atoms with E-state index in [1.165, 1.54) is 11.1 Å². The second kappa shape index (κ2) is 4.76. The van der Waals surface area contributed by atoms with Gasteiger partial charge in [-0.25, -0.2) is 0 Å². The van der Waals surface area contributed by atoms with E-state index in [0.29, 0.717) is 6.54 Å². The Labute approximate surface area is 113 Å². The topological polar surface area (TPSA) is 47.6 Å². The van der Waals surface area contributed by atoms with Crippen molar-refractivity contribution < 1.29 is 14.3 Å². The largest absolute Gasteiger partial charge is 0.493 e. The Balaban J connectivity index is 1.90. The molecule has 0 saturated carbocycles. The summed E-state index contributed by atoms with van der Waals surface area (Å²) < 4.78 is 11.4. The minimum absolute atomic E-state index is 0.00183. The Morgan fingerprint density at radius 3 is 2.89 bits per heavy atom. The minimum Gasteiger partial charge on any atom is -0.493 e. The minimum atomic E-state index is 0.00183. The molecular formula is C15H19NO3. The van der Waals surface area contributed by atoms with Crippen LogP contribution in [-0.2, 0) is 24.2 Å². The second-order valence-electron chi connectivity index (χ2n) is 5.39. The van der Waals surface area contributed by atoms with Crippen LogP contribution in [0, 0.1) is 5.92 Å². The molecule has 19 heavy (non-hydrogen) atoms. The number of rotatable bonds is 3. The van der Waals surface area contributed by atoms with Gasteiger partial charge >= 0.3 is 0 Å². The van der Waals surface area contributed by atoms with E-state index in [-0.39, 0.29) is 11.8 Å². The molecule has 1 aromatic carbocycles. The Morgan fingerprint density at radius 2 is 2.11 bits per heavy atom. The average Bonchev–Trinajstić information content (AvgIpc) is 3.01. The smallest absolute Gasteiger partial charge is 0.222 e. The van der Waals surface area contributed by atoms with Crippen molar-refractivity contribution in [2.24, 2.45) is 5.92 Å². The molecule has 0 unspecified atom stereocenters. The highest BCUT2D eigenvalue weighted by Crippen LogP contribution is 2.40. The third kappa shape index (κ3) is 2.15. The van der Waals surface area contributed by atoms with Crippen molar-refractivity contribution in [2.75, 3.05) is 13.2 Å². The third-order valence-corrected chi connectivity index (χ3v) is 3.72. The molecule has 0 saturated heterocycles. The van der Waals surface area contributed by atoms with Crippen molar-refractivity contribution >= 4 is 5.91 Å². The molecule has 0 fully saturated rings. The van der Waals surface area contributed by atoms with E-state index >= 15 is 0 Å². The van der Waals surface area contributed by atoms with Gasteiger partial charge in [0.05, 0.1) is 13.2 Å². The third-order valence-electron chi connectivity index (χ3n) is 3.72. The summed E-state index contributed by atoms with van der Waals surface area (Å²) in [5.74, 6) is 2.01. The molecule has 2 aliphatic rings. The van der Waals surface area contributed by atoms with Crippen LogP contribution in [0.2, 0.25) is 0 Å². The van der Waals surface area contributed by atoms with Gasteiger partial charge < -0.3 is 14.8 Å². The fourth-order valence-corrected chi connectivity index (χ4v) is 2.65. The maximum atomic E-state index is 11.7. The number of carbonyl (C=O) groups is 1. The molecule has 2 heterocycles. The van der Waals surface area contributed by atoms with E-state index in [2.05, 4.69) is 11.4 Å². The maximum Gasteiger partial charge on any atom is 0.222 e. The molecular weight excluding hydrogens is 242 g/mol. The summed E-state index contributed by atoms with van der Waals surface area (Å²) in [7, 11) is 0. The zero-order valence-electron chi connectivity index (χ0n) is 11.4. The predicted molar refractivity (Wildman–Crippen MR) is 71.5 cm³/mol.